The Bertz CT molecular complexity index is 871. The molecule has 0 saturated heterocycles. The van der Waals surface area contributed by atoms with Gasteiger partial charge in [-0.15, -0.1) is 0 Å². The molecule has 24 heavy (non-hydrogen) atoms. The third-order valence-corrected chi connectivity index (χ3v) is 5.14. The van der Waals surface area contributed by atoms with Crippen LogP contribution in [-0.2, 0) is 21.2 Å². The van der Waals surface area contributed by atoms with Crippen LogP contribution in [0.25, 0.3) is 0 Å². The summed E-state index contributed by atoms with van der Waals surface area (Å²) in [6.45, 7) is 1.31. The fourth-order valence-corrected chi connectivity index (χ4v) is 3.60. The number of rotatable bonds is 6. The summed E-state index contributed by atoms with van der Waals surface area (Å²) in [5, 5.41) is 18.3. The summed E-state index contributed by atoms with van der Waals surface area (Å²) in [6.07, 6.45) is -0.0555. The van der Waals surface area contributed by atoms with Crippen molar-refractivity contribution in [1.29, 1.82) is 5.26 Å². The number of benzene rings is 2. The summed E-state index contributed by atoms with van der Waals surface area (Å²) in [5.74, 6) is -1.29. The maximum absolute atomic E-state index is 12.4. The van der Waals surface area contributed by atoms with E-state index in [0.717, 1.165) is 0 Å². The second-order valence-corrected chi connectivity index (χ2v) is 7.22. The molecule has 2 rings (SSSR count). The van der Waals surface area contributed by atoms with E-state index in [2.05, 4.69) is 4.72 Å². The zero-order valence-electron chi connectivity index (χ0n) is 12.9. The molecule has 0 aliphatic rings. The van der Waals surface area contributed by atoms with Crippen molar-refractivity contribution in [3.8, 4) is 6.07 Å². The molecule has 0 aromatic heterocycles. The van der Waals surface area contributed by atoms with E-state index in [9.17, 15) is 18.3 Å². The van der Waals surface area contributed by atoms with Gasteiger partial charge in [0.05, 0.1) is 16.5 Å². The Labute approximate surface area is 140 Å². The van der Waals surface area contributed by atoms with Crippen molar-refractivity contribution >= 4 is 16.0 Å². The highest BCUT2D eigenvalue weighted by Crippen LogP contribution is 2.19. The molecule has 0 heterocycles. The molecular formula is C17H16N2O4S. The van der Waals surface area contributed by atoms with E-state index in [1.165, 1.54) is 19.1 Å². The maximum Gasteiger partial charge on any atom is 0.324 e. The highest BCUT2D eigenvalue weighted by molar-refractivity contribution is 7.89. The number of hydrogen-bond donors (Lipinski definition) is 2. The van der Waals surface area contributed by atoms with Crippen molar-refractivity contribution < 1.29 is 18.3 Å². The van der Waals surface area contributed by atoms with Gasteiger partial charge >= 0.3 is 5.97 Å². The average molecular weight is 344 g/mol. The zero-order chi connectivity index (χ0) is 17.8. The Morgan fingerprint density at radius 3 is 2.25 bits per heavy atom. The second-order valence-electron chi connectivity index (χ2n) is 5.54. The minimum atomic E-state index is -3.98. The first-order valence-electron chi connectivity index (χ1n) is 7.08. The number of carbonyl (C=O) groups is 1. The molecule has 2 aromatic carbocycles. The summed E-state index contributed by atoms with van der Waals surface area (Å²) in [7, 11) is -3.98. The summed E-state index contributed by atoms with van der Waals surface area (Å²) in [5.41, 5.74) is -0.668. The van der Waals surface area contributed by atoms with Gasteiger partial charge in [0.25, 0.3) is 0 Å². The van der Waals surface area contributed by atoms with Crippen molar-refractivity contribution in [2.24, 2.45) is 0 Å². The zero-order valence-corrected chi connectivity index (χ0v) is 13.7. The van der Waals surface area contributed by atoms with Crippen LogP contribution in [0.15, 0.2) is 59.5 Å². The van der Waals surface area contributed by atoms with Crippen LogP contribution in [-0.4, -0.2) is 25.0 Å². The standard InChI is InChI=1S/C17H16N2O4S/c1-17(16(20)21,11-13-7-9-14(12-18)10-8-13)19-24(22,23)15-5-3-2-4-6-15/h2-10,19H,11H2,1H3,(H,20,21)/t17-/m0/s1. The third kappa shape index (κ3) is 3.98. The molecule has 0 saturated carbocycles. The van der Waals surface area contributed by atoms with E-state index in [0.29, 0.717) is 11.1 Å². The molecule has 0 aliphatic heterocycles. The van der Waals surface area contributed by atoms with Crippen LogP contribution in [0.1, 0.15) is 18.1 Å². The fraction of sp³-hybridized carbons (Fsp3) is 0.176. The molecule has 0 radical (unpaired) electrons. The lowest BCUT2D eigenvalue weighted by atomic mass is 9.94. The monoisotopic (exact) mass is 344 g/mol. The molecule has 6 nitrogen and oxygen atoms in total. The number of hydrogen-bond acceptors (Lipinski definition) is 4. The van der Waals surface area contributed by atoms with E-state index in [1.54, 1.807) is 42.5 Å². The number of nitrogens with zero attached hydrogens (tertiary/aromatic N) is 1. The largest absolute Gasteiger partial charge is 0.480 e. The minimum Gasteiger partial charge on any atom is -0.480 e. The van der Waals surface area contributed by atoms with E-state index in [-0.39, 0.29) is 11.3 Å². The van der Waals surface area contributed by atoms with Crippen LogP contribution in [0, 0.1) is 11.3 Å². The number of sulfonamides is 1. The molecule has 7 heteroatoms. The van der Waals surface area contributed by atoms with Crippen LogP contribution in [0.5, 0.6) is 0 Å². The molecule has 0 fully saturated rings. The van der Waals surface area contributed by atoms with E-state index in [1.807, 2.05) is 6.07 Å². The molecule has 0 amide bonds. The molecular weight excluding hydrogens is 328 g/mol. The molecule has 0 aliphatic carbocycles. The highest BCUT2D eigenvalue weighted by Gasteiger charge is 2.38. The van der Waals surface area contributed by atoms with Gasteiger partial charge in [-0.25, -0.2) is 8.42 Å². The van der Waals surface area contributed by atoms with Crippen molar-refractivity contribution in [2.75, 3.05) is 0 Å². The predicted molar refractivity (Wildman–Crippen MR) is 87.7 cm³/mol. The number of carboxylic acids is 1. The van der Waals surface area contributed by atoms with E-state index < -0.39 is 21.5 Å². The lowest BCUT2D eigenvalue weighted by Gasteiger charge is -2.26. The van der Waals surface area contributed by atoms with Gasteiger partial charge in [-0.3, -0.25) is 4.79 Å². The number of carboxylic acid groups (broad SMARTS) is 1. The fourth-order valence-electron chi connectivity index (χ4n) is 2.22. The molecule has 1 atom stereocenters. The van der Waals surface area contributed by atoms with Gasteiger partial charge in [-0.2, -0.15) is 9.98 Å². The second kappa shape index (κ2) is 6.83. The molecule has 2 aromatic rings. The third-order valence-electron chi connectivity index (χ3n) is 3.53. The Morgan fingerprint density at radius 1 is 1.17 bits per heavy atom. The van der Waals surface area contributed by atoms with Gasteiger partial charge < -0.3 is 5.11 Å². The first kappa shape index (κ1) is 17.7. The molecule has 2 N–H and O–H groups in total. The molecule has 0 unspecified atom stereocenters. The van der Waals surface area contributed by atoms with Gasteiger partial charge in [-0.05, 0) is 36.8 Å². The van der Waals surface area contributed by atoms with Crippen LogP contribution in [0.4, 0.5) is 0 Å². The quantitative estimate of drug-likeness (QED) is 0.832. The number of nitriles is 1. The van der Waals surface area contributed by atoms with Crippen LogP contribution >= 0.6 is 0 Å². The number of nitrogens with one attached hydrogen (secondary N) is 1. The SMILES string of the molecule is C[C@@](Cc1ccc(C#N)cc1)(NS(=O)(=O)c1ccccc1)C(=O)O. The predicted octanol–water partition coefficient (Wildman–Crippen LogP) is 1.92. The lowest BCUT2D eigenvalue weighted by Crippen LogP contribution is -2.53. The van der Waals surface area contributed by atoms with Crippen molar-refractivity contribution in [3.63, 3.8) is 0 Å². The van der Waals surface area contributed by atoms with Crippen molar-refractivity contribution in [3.05, 3.63) is 65.7 Å². The average Bonchev–Trinajstić information content (AvgIpc) is 2.55. The highest BCUT2D eigenvalue weighted by atomic mass is 32.2. The molecule has 124 valence electrons. The Morgan fingerprint density at radius 2 is 1.75 bits per heavy atom. The van der Waals surface area contributed by atoms with E-state index >= 15 is 0 Å². The van der Waals surface area contributed by atoms with Gasteiger partial charge in [0.2, 0.25) is 10.0 Å². The summed E-state index contributed by atoms with van der Waals surface area (Å²) >= 11 is 0. The topological polar surface area (TPSA) is 107 Å². The summed E-state index contributed by atoms with van der Waals surface area (Å²) in [6, 6.07) is 15.9. The first-order chi connectivity index (χ1) is 11.3. The Kier molecular flexibility index (Phi) is 5.02. The van der Waals surface area contributed by atoms with E-state index in [4.69, 9.17) is 5.26 Å². The molecule has 0 spiro atoms. The normalized spacial score (nSPS) is 13.7. The van der Waals surface area contributed by atoms with Gasteiger partial charge in [0, 0.05) is 6.42 Å². The number of aliphatic carboxylic acids is 1. The van der Waals surface area contributed by atoms with Crippen LogP contribution in [0.3, 0.4) is 0 Å². The van der Waals surface area contributed by atoms with Crippen molar-refractivity contribution in [2.45, 2.75) is 23.8 Å². The Hall–Kier alpha value is -2.69. The molecule has 0 bridgehead atoms. The summed E-state index contributed by atoms with van der Waals surface area (Å²) in [4.78, 5) is 11.7. The summed E-state index contributed by atoms with van der Waals surface area (Å²) < 4.78 is 27.1. The van der Waals surface area contributed by atoms with Crippen LogP contribution < -0.4 is 4.72 Å². The first-order valence-corrected chi connectivity index (χ1v) is 8.57. The minimum absolute atomic E-state index is 0.00250. The maximum atomic E-state index is 12.4. The van der Waals surface area contributed by atoms with Crippen LogP contribution in [0.2, 0.25) is 0 Å². The van der Waals surface area contributed by atoms with Gasteiger partial charge in [0.15, 0.2) is 0 Å². The lowest BCUT2D eigenvalue weighted by molar-refractivity contribution is -0.143. The van der Waals surface area contributed by atoms with Gasteiger partial charge in [-0.1, -0.05) is 30.3 Å². The van der Waals surface area contributed by atoms with Gasteiger partial charge in [0.1, 0.15) is 5.54 Å². The smallest absolute Gasteiger partial charge is 0.324 e. The Balaban J connectivity index is 2.30. The van der Waals surface area contributed by atoms with Crippen molar-refractivity contribution in [1.82, 2.24) is 4.72 Å².